The van der Waals surface area contributed by atoms with E-state index in [1.54, 1.807) is 6.07 Å². The Morgan fingerprint density at radius 2 is 1.74 bits per heavy atom. The van der Waals surface area contributed by atoms with Crippen LogP contribution in [0.25, 0.3) is 0 Å². The molecule has 0 saturated carbocycles. The fourth-order valence-corrected chi connectivity index (χ4v) is 2.86. The van der Waals surface area contributed by atoms with Crippen LogP contribution in [0.1, 0.15) is 27.9 Å². The van der Waals surface area contributed by atoms with Gasteiger partial charge in [0.2, 0.25) is 5.91 Å². The van der Waals surface area contributed by atoms with E-state index in [9.17, 15) is 18.4 Å². The molecule has 0 fully saturated rings. The summed E-state index contributed by atoms with van der Waals surface area (Å²) in [4.78, 5) is 24.3. The van der Waals surface area contributed by atoms with Crippen molar-refractivity contribution in [2.24, 2.45) is 0 Å². The lowest BCUT2D eigenvalue weighted by Gasteiger charge is -2.14. The van der Waals surface area contributed by atoms with Crippen molar-refractivity contribution >= 4 is 17.5 Å². The number of carbonyl (C=O) groups is 2. The van der Waals surface area contributed by atoms with E-state index >= 15 is 0 Å². The summed E-state index contributed by atoms with van der Waals surface area (Å²) in [5.41, 5.74) is 2.21. The number of hydrogen-bond acceptors (Lipinski definition) is 3. The maximum Gasteiger partial charge on any atom is 0.254 e. The smallest absolute Gasteiger partial charge is 0.254 e. The van der Waals surface area contributed by atoms with Gasteiger partial charge in [0.05, 0.1) is 11.3 Å². The van der Waals surface area contributed by atoms with E-state index in [1.165, 1.54) is 0 Å². The van der Waals surface area contributed by atoms with Gasteiger partial charge in [0.1, 0.15) is 24.0 Å². The van der Waals surface area contributed by atoms with E-state index in [4.69, 9.17) is 4.74 Å². The Hall–Kier alpha value is -3.74. The van der Waals surface area contributed by atoms with Gasteiger partial charge in [-0.05, 0) is 42.3 Å². The average molecular weight is 424 g/mol. The first-order valence-electron chi connectivity index (χ1n) is 9.73. The zero-order valence-electron chi connectivity index (χ0n) is 17.0. The second-order valence-corrected chi connectivity index (χ2v) is 6.95. The van der Waals surface area contributed by atoms with Crippen molar-refractivity contribution in [1.82, 2.24) is 5.32 Å². The van der Waals surface area contributed by atoms with E-state index in [0.717, 1.165) is 23.3 Å². The zero-order chi connectivity index (χ0) is 22.2. The predicted molar refractivity (Wildman–Crippen MR) is 114 cm³/mol. The zero-order valence-corrected chi connectivity index (χ0v) is 17.0. The lowest BCUT2D eigenvalue weighted by atomic mass is 10.2. The molecule has 0 radical (unpaired) electrons. The topological polar surface area (TPSA) is 67.4 Å². The van der Waals surface area contributed by atoms with Crippen molar-refractivity contribution in [1.29, 1.82) is 0 Å². The molecule has 0 unspecified atom stereocenters. The highest BCUT2D eigenvalue weighted by molar-refractivity contribution is 5.95. The Balaban J connectivity index is 1.54. The molecule has 0 atom stereocenters. The summed E-state index contributed by atoms with van der Waals surface area (Å²) in [5.74, 6) is -2.24. The number of ether oxygens (including phenoxy) is 1. The second kappa shape index (κ2) is 10.3. The van der Waals surface area contributed by atoms with Crippen LogP contribution in [-0.4, -0.2) is 18.4 Å². The SMILES string of the molecule is Cc1ccc(NC(=O)CCNC(=O)c2ccc(F)cc2F)c(OCc2ccccc2)c1. The lowest BCUT2D eigenvalue weighted by molar-refractivity contribution is -0.116. The first-order valence-corrected chi connectivity index (χ1v) is 9.73. The quantitative estimate of drug-likeness (QED) is 0.555. The van der Waals surface area contributed by atoms with E-state index in [0.29, 0.717) is 24.1 Å². The van der Waals surface area contributed by atoms with Crippen LogP contribution in [-0.2, 0) is 11.4 Å². The maximum atomic E-state index is 13.7. The number of anilines is 1. The van der Waals surface area contributed by atoms with Gasteiger partial charge >= 0.3 is 0 Å². The Bertz CT molecular complexity index is 1070. The van der Waals surface area contributed by atoms with Crippen LogP contribution in [0.2, 0.25) is 0 Å². The Kier molecular flexibility index (Phi) is 7.32. The van der Waals surface area contributed by atoms with Crippen LogP contribution < -0.4 is 15.4 Å². The Morgan fingerprint density at radius 3 is 2.48 bits per heavy atom. The van der Waals surface area contributed by atoms with Crippen LogP contribution in [0.15, 0.2) is 66.7 Å². The number of amides is 2. The van der Waals surface area contributed by atoms with E-state index < -0.39 is 17.5 Å². The van der Waals surface area contributed by atoms with Gasteiger partial charge in [-0.2, -0.15) is 0 Å². The number of benzene rings is 3. The average Bonchev–Trinajstić information content (AvgIpc) is 2.74. The van der Waals surface area contributed by atoms with Crippen molar-refractivity contribution in [2.75, 3.05) is 11.9 Å². The van der Waals surface area contributed by atoms with Gasteiger partial charge in [0, 0.05) is 19.0 Å². The Labute approximate surface area is 179 Å². The lowest BCUT2D eigenvalue weighted by Crippen LogP contribution is -2.28. The van der Waals surface area contributed by atoms with Crippen LogP contribution >= 0.6 is 0 Å². The number of hydrogen-bond donors (Lipinski definition) is 2. The molecule has 5 nitrogen and oxygen atoms in total. The minimum absolute atomic E-state index is 0.00640. The molecule has 3 aromatic rings. The predicted octanol–water partition coefficient (Wildman–Crippen LogP) is 4.61. The minimum Gasteiger partial charge on any atom is -0.487 e. The highest BCUT2D eigenvalue weighted by Crippen LogP contribution is 2.27. The molecule has 0 bridgehead atoms. The van der Waals surface area contributed by atoms with E-state index in [-0.39, 0.29) is 24.4 Å². The van der Waals surface area contributed by atoms with Gasteiger partial charge in [-0.3, -0.25) is 9.59 Å². The standard InChI is InChI=1S/C24H22F2N2O3/c1-16-7-10-21(22(13-16)31-15-17-5-3-2-4-6-17)28-23(29)11-12-27-24(30)19-9-8-18(25)14-20(19)26/h2-10,13-14H,11-12,15H2,1H3,(H,27,30)(H,28,29). The largest absolute Gasteiger partial charge is 0.487 e. The van der Waals surface area contributed by atoms with Gasteiger partial charge in [-0.25, -0.2) is 8.78 Å². The third-order valence-electron chi connectivity index (χ3n) is 4.46. The summed E-state index contributed by atoms with van der Waals surface area (Å²) in [5, 5.41) is 5.22. The van der Waals surface area contributed by atoms with Crippen molar-refractivity contribution in [2.45, 2.75) is 20.0 Å². The number of nitrogens with one attached hydrogen (secondary N) is 2. The molecule has 0 spiro atoms. The van der Waals surface area contributed by atoms with Crippen LogP contribution in [0.3, 0.4) is 0 Å². The fourth-order valence-electron chi connectivity index (χ4n) is 2.86. The van der Waals surface area contributed by atoms with Crippen LogP contribution in [0, 0.1) is 18.6 Å². The molecule has 160 valence electrons. The summed E-state index contributed by atoms with van der Waals surface area (Å²) in [6.45, 7) is 2.27. The summed E-state index contributed by atoms with van der Waals surface area (Å²) in [6, 6.07) is 17.8. The molecule has 0 aliphatic carbocycles. The molecule has 2 N–H and O–H groups in total. The highest BCUT2D eigenvalue weighted by atomic mass is 19.1. The number of aryl methyl sites for hydroxylation is 1. The van der Waals surface area contributed by atoms with Gasteiger partial charge in [-0.15, -0.1) is 0 Å². The molecule has 0 aliphatic heterocycles. The van der Waals surface area contributed by atoms with Crippen molar-refractivity contribution in [3.63, 3.8) is 0 Å². The van der Waals surface area contributed by atoms with Gasteiger partial charge in [0.25, 0.3) is 5.91 Å². The first-order chi connectivity index (χ1) is 14.9. The molecular formula is C24H22F2N2O3. The molecule has 0 aliphatic rings. The molecule has 2 amide bonds. The second-order valence-electron chi connectivity index (χ2n) is 6.95. The number of halogens is 2. The highest BCUT2D eigenvalue weighted by Gasteiger charge is 2.13. The minimum atomic E-state index is -0.957. The number of carbonyl (C=O) groups excluding carboxylic acids is 2. The van der Waals surface area contributed by atoms with Crippen molar-refractivity contribution < 1.29 is 23.1 Å². The molecule has 0 heterocycles. The Morgan fingerprint density at radius 1 is 0.968 bits per heavy atom. The summed E-state index contributed by atoms with van der Waals surface area (Å²) >= 11 is 0. The van der Waals surface area contributed by atoms with Gasteiger partial charge in [-0.1, -0.05) is 36.4 Å². The van der Waals surface area contributed by atoms with Crippen LogP contribution in [0.4, 0.5) is 14.5 Å². The molecule has 3 aromatic carbocycles. The fraction of sp³-hybridized carbons (Fsp3) is 0.167. The summed E-state index contributed by atoms with van der Waals surface area (Å²) in [6.07, 6.45) is -0.0272. The molecule has 0 aromatic heterocycles. The van der Waals surface area contributed by atoms with E-state index in [2.05, 4.69) is 10.6 Å². The van der Waals surface area contributed by atoms with E-state index in [1.807, 2.05) is 49.4 Å². The molecule has 7 heteroatoms. The molecular weight excluding hydrogens is 402 g/mol. The molecule has 0 saturated heterocycles. The molecule has 3 rings (SSSR count). The normalized spacial score (nSPS) is 10.4. The van der Waals surface area contributed by atoms with Crippen LogP contribution in [0.5, 0.6) is 5.75 Å². The number of rotatable bonds is 8. The monoisotopic (exact) mass is 424 g/mol. The van der Waals surface area contributed by atoms with Crippen molar-refractivity contribution in [3.8, 4) is 5.75 Å². The summed E-state index contributed by atoms with van der Waals surface area (Å²) < 4.78 is 32.5. The van der Waals surface area contributed by atoms with Gasteiger partial charge < -0.3 is 15.4 Å². The first kappa shape index (κ1) is 22.0. The maximum absolute atomic E-state index is 13.7. The third kappa shape index (κ3) is 6.37. The van der Waals surface area contributed by atoms with Gasteiger partial charge in [0.15, 0.2) is 0 Å². The van der Waals surface area contributed by atoms with Crippen molar-refractivity contribution in [3.05, 3.63) is 95.1 Å². The molecule has 31 heavy (non-hydrogen) atoms. The summed E-state index contributed by atoms with van der Waals surface area (Å²) in [7, 11) is 0. The third-order valence-corrected chi connectivity index (χ3v) is 4.46.